The summed E-state index contributed by atoms with van der Waals surface area (Å²) in [5.74, 6) is -0.586. The van der Waals surface area contributed by atoms with Crippen molar-refractivity contribution in [3.63, 3.8) is 0 Å². The molecule has 1 aliphatic carbocycles. The third-order valence-corrected chi connectivity index (χ3v) is 5.88. The molecule has 1 amide bonds. The first kappa shape index (κ1) is 22.0. The van der Waals surface area contributed by atoms with Crippen LogP contribution in [-0.2, 0) is 0 Å². The molecule has 166 valence electrons. The summed E-state index contributed by atoms with van der Waals surface area (Å²) in [4.78, 5) is 26.2. The average molecular weight is 437 g/mol. The standard InChI is InChI=1S/C25H26F2N4O/c1-15(2)24-29-13-17(14-30-24)25(32)31-23-19(20-12-18(26)8-9-21(20)27)10-11-28-22(23)16-6-4-3-5-7-16/h8-16H,3-7H2,1-2H3,(H,31,32). The lowest BCUT2D eigenvalue weighted by Gasteiger charge is -2.25. The number of carbonyl (C=O) groups excluding carboxylic acids is 1. The van der Waals surface area contributed by atoms with Crippen LogP contribution in [0.15, 0.2) is 42.9 Å². The molecule has 1 saturated carbocycles. The van der Waals surface area contributed by atoms with Gasteiger partial charge in [0, 0.05) is 41.6 Å². The molecule has 32 heavy (non-hydrogen) atoms. The number of nitrogens with zero attached hydrogens (tertiary/aromatic N) is 3. The first-order valence-corrected chi connectivity index (χ1v) is 11.0. The Kier molecular flexibility index (Phi) is 6.53. The van der Waals surface area contributed by atoms with Crippen molar-refractivity contribution < 1.29 is 13.6 Å². The topological polar surface area (TPSA) is 67.8 Å². The second-order valence-corrected chi connectivity index (χ2v) is 8.52. The Hall–Kier alpha value is -3.22. The van der Waals surface area contributed by atoms with Crippen molar-refractivity contribution in [2.45, 2.75) is 57.8 Å². The van der Waals surface area contributed by atoms with Crippen molar-refractivity contribution in [1.29, 1.82) is 0 Å². The third kappa shape index (κ3) is 4.66. The zero-order valence-corrected chi connectivity index (χ0v) is 18.2. The Bertz CT molecular complexity index is 1110. The van der Waals surface area contributed by atoms with Gasteiger partial charge in [-0.15, -0.1) is 0 Å². The molecule has 4 rings (SSSR count). The van der Waals surface area contributed by atoms with Crippen LogP contribution < -0.4 is 5.32 Å². The van der Waals surface area contributed by atoms with Gasteiger partial charge in [-0.25, -0.2) is 18.7 Å². The van der Waals surface area contributed by atoms with E-state index in [1.807, 2.05) is 13.8 Å². The number of pyridine rings is 1. The van der Waals surface area contributed by atoms with E-state index in [2.05, 4.69) is 20.3 Å². The van der Waals surface area contributed by atoms with Gasteiger partial charge in [0.25, 0.3) is 5.91 Å². The molecule has 5 nitrogen and oxygen atoms in total. The van der Waals surface area contributed by atoms with Gasteiger partial charge < -0.3 is 5.32 Å². The summed E-state index contributed by atoms with van der Waals surface area (Å²) < 4.78 is 28.6. The molecule has 1 fully saturated rings. The van der Waals surface area contributed by atoms with E-state index in [0.29, 0.717) is 28.3 Å². The number of halogens is 2. The van der Waals surface area contributed by atoms with E-state index in [-0.39, 0.29) is 17.4 Å². The fourth-order valence-electron chi connectivity index (χ4n) is 4.16. The van der Waals surface area contributed by atoms with E-state index >= 15 is 0 Å². The van der Waals surface area contributed by atoms with Crippen LogP contribution in [0.2, 0.25) is 0 Å². The van der Waals surface area contributed by atoms with Gasteiger partial charge in [-0.05, 0) is 37.1 Å². The zero-order valence-electron chi connectivity index (χ0n) is 18.2. The van der Waals surface area contributed by atoms with Gasteiger partial charge in [-0.3, -0.25) is 9.78 Å². The Morgan fingerprint density at radius 3 is 2.41 bits per heavy atom. The maximum absolute atomic E-state index is 14.7. The van der Waals surface area contributed by atoms with E-state index < -0.39 is 17.5 Å². The van der Waals surface area contributed by atoms with Gasteiger partial charge in [-0.2, -0.15) is 0 Å². The van der Waals surface area contributed by atoms with E-state index in [1.54, 1.807) is 12.3 Å². The minimum absolute atomic E-state index is 0.0890. The van der Waals surface area contributed by atoms with Crippen molar-refractivity contribution in [2.24, 2.45) is 0 Å². The number of hydrogen-bond donors (Lipinski definition) is 1. The Morgan fingerprint density at radius 2 is 1.72 bits per heavy atom. The van der Waals surface area contributed by atoms with Crippen LogP contribution in [-0.4, -0.2) is 20.9 Å². The van der Waals surface area contributed by atoms with Gasteiger partial charge in [0.2, 0.25) is 0 Å². The number of anilines is 1. The van der Waals surface area contributed by atoms with E-state index in [1.165, 1.54) is 12.4 Å². The molecule has 0 unspecified atom stereocenters. The Morgan fingerprint density at radius 1 is 1.00 bits per heavy atom. The summed E-state index contributed by atoms with van der Waals surface area (Å²) in [5.41, 5.74) is 1.91. The lowest BCUT2D eigenvalue weighted by Crippen LogP contribution is -2.18. The second-order valence-electron chi connectivity index (χ2n) is 8.52. The predicted octanol–water partition coefficient (Wildman–Crippen LogP) is 6.24. The zero-order chi connectivity index (χ0) is 22.7. The van der Waals surface area contributed by atoms with Crippen LogP contribution in [0.1, 0.15) is 79.7 Å². The smallest absolute Gasteiger partial charge is 0.258 e. The van der Waals surface area contributed by atoms with Crippen LogP contribution in [0.3, 0.4) is 0 Å². The maximum Gasteiger partial charge on any atom is 0.258 e. The molecule has 2 aromatic heterocycles. The maximum atomic E-state index is 14.7. The number of rotatable bonds is 5. The first-order valence-electron chi connectivity index (χ1n) is 11.0. The minimum atomic E-state index is -0.563. The molecule has 0 radical (unpaired) electrons. The van der Waals surface area contributed by atoms with Gasteiger partial charge in [-0.1, -0.05) is 33.1 Å². The largest absolute Gasteiger partial charge is 0.320 e. The normalized spacial score (nSPS) is 14.5. The summed E-state index contributed by atoms with van der Waals surface area (Å²) in [6.45, 7) is 3.95. The van der Waals surface area contributed by atoms with Crippen LogP contribution in [0.5, 0.6) is 0 Å². The molecule has 0 aliphatic heterocycles. The van der Waals surface area contributed by atoms with Gasteiger partial charge >= 0.3 is 0 Å². The molecule has 0 spiro atoms. The summed E-state index contributed by atoms with van der Waals surface area (Å²) >= 11 is 0. The summed E-state index contributed by atoms with van der Waals surface area (Å²) in [7, 11) is 0. The number of hydrogen-bond acceptors (Lipinski definition) is 4. The minimum Gasteiger partial charge on any atom is -0.320 e. The Labute approximate surface area is 186 Å². The highest BCUT2D eigenvalue weighted by atomic mass is 19.1. The lowest BCUT2D eigenvalue weighted by molar-refractivity contribution is 0.102. The van der Waals surface area contributed by atoms with Crippen LogP contribution in [0, 0.1) is 11.6 Å². The summed E-state index contributed by atoms with van der Waals surface area (Å²) in [5, 5.41) is 2.92. The number of carbonyl (C=O) groups is 1. The third-order valence-electron chi connectivity index (χ3n) is 5.88. The van der Waals surface area contributed by atoms with E-state index in [0.717, 1.165) is 50.3 Å². The fourth-order valence-corrected chi connectivity index (χ4v) is 4.16. The van der Waals surface area contributed by atoms with Crippen molar-refractivity contribution in [1.82, 2.24) is 15.0 Å². The van der Waals surface area contributed by atoms with Crippen molar-refractivity contribution in [2.75, 3.05) is 5.32 Å². The van der Waals surface area contributed by atoms with Gasteiger partial charge in [0.15, 0.2) is 0 Å². The van der Waals surface area contributed by atoms with Gasteiger partial charge in [0.1, 0.15) is 17.5 Å². The fraction of sp³-hybridized carbons (Fsp3) is 0.360. The van der Waals surface area contributed by atoms with E-state index in [9.17, 15) is 13.6 Å². The quantitative estimate of drug-likeness (QED) is 0.514. The Balaban J connectivity index is 1.77. The molecule has 1 N–H and O–H groups in total. The number of nitrogens with one attached hydrogen (secondary N) is 1. The molecule has 2 heterocycles. The molecular formula is C25H26F2N4O. The first-order chi connectivity index (χ1) is 15.4. The molecule has 3 aromatic rings. The number of amides is 1. The van der Waals surface area contributed by atoms with E-state index in [4.69, 9.17) is 0 Å². The van der Waals surface area contributed by atoms with Crippen LogP contribution in [0.25, 0.3) is 11.1 Å². The number of aromatic nitrogens is 3. The van der Waals surface area contributed by atoms with Crippen molar-refractivity contribution in [3.8, 4) is 11.1 Å². The highest BCUT2D eigenvalue weighted by Gasteiger charge is 2.25. The summed E-state index contributed by atoms with van der Waals surface area (Å²) in [6.07, 6.45) is 9.75. The highest BCUT2D eigenvalue weighted by molar-refractivity contribution is 6.06. The average Bonchev–Trinajstić information content (AvgIpc) is 2.81. The summed E-state index contributed by atoms with van der Waals surface area (Å²) in [6, 6.07) is 4.92. The van der Waals surface area contributed by atoms with Crippen molar-refractivity contribution >= 4 is 11.6 Å². The monoisotopic (exact) mass is 436 g/mol. The van der Waals surface area contributed by atoms with Crippen molar-refractivity contribution in [3.05, 3.63) is 71.6 Å². The second kappa shape index (κ2) is 9.51. The predicted molar refractivity (Wildman–Crippen MR) is 119 cm³/mol. The lowest BCUT2D eigenvalue weighted by atomic mass is 9.85. The van der Waals surface area contributed by atoms with Gasteiger partial charge in [0.05, 0.1) is 16.9 Å². The molecule has 1 aliphatic rings. The number of benzene rings is 1. The molecule has 0 saturated heterocycles. The molecular weight excluding hydrogens is 410 g/mol. The molecule has 0 bridgehead atoms. The molecule has 0 atom stereocenters. The highest BCUT2D eigenvalue weighted by Crippen LogP contribution is 2.40. The SMILES string of the molecule is CC(C)c1ncc(C(=O)Nc2c(-c3cc(F)ccc3F)ccnc2C2CCCCC2)cn1. The molecule has 7 heteroatoms. The van der Waals surface area contributed by atoms with Crippen LogP contribution >= 0.6 is 0 Å². The van der Waals surface area contributed by atoms with Crippen LogP contribution in [0.4, 0.5) is 14.5 Å². The molecule has 1 aromatic carbocycles.